The van der Waals surface area contributed by atoms with Crippen molar-refractivity contribution in [2.75, 3.05) is 13.1 Å². The summed E-state index contributed by atoms with van der Waals surface area (Å²) in [4.78, 5) is 11.6. The van der Waals surface area contributed by atoms with Gasteiger partial charge >= 0.3 is 5.97 Å². The van der Waals surface area contributed by atoms with Crippen LogP contribution in [0.25, 0.3) is 0 Å². The number of esters is 1. The van der Waals surface area contributed by atoms with Crippen LogP contribution in [0.3, 0.4) is 0 Å². The molecule has 94 valence electrons. The average molecular weight is 231 g/mol. The minimum atomic E-state index is -1.47. The molecule has 1 fully saturated rings. The number of hydrogen-bond acceptors (Lipinski definition) is 3. The van der Waals surface area contributed by atoms with Crippen molar-refractivity contribution in [3.8, 4) is 0 Å². The molecule has 1 N–H and O–H groups in total. The van der Waals surface area contributed by atoms with Gasteiger partial charge < -0.3 is 10.1 Å². The molecule has 0 amide bonds. The summed E-state index contributed by atoms with van der Waals surface area (Å²) >= 11 is 0. The summed E-state index contributed by atoms with van der Waals surface area (Å²) in [6.07, 6.45) is 0.918. The Morgan fingerprint density at radius 3 is 2.69 bits per heavy atom. The molecule has 3 nitrogen and oxygen atoms in total. The SMILES string of the molecule is CC(C)(C)OC(=O)C(F)C1CCCNCC1. The third-order valence-corrected chi connectivity index (χ3v) is 2.67. The van der Waals surface area contributed by atoms with Crippen molar-refractivity contribution in [2.24, 2.45) is 5.92 Å². The second-order valence-electron chi connectivity index (χ2n) is 5.38. The van der Waals surface area contributed by atoms with Crippen LogP contribution in [0.15, 0.2) is 0 Å². The molecule has 0 aliphatic carbocycles. The van der Waals surface area contributed by atoms with Crippen LogP contribution in [0.4, 0.5) is 4.39 Å². The zero-order valence-electron chi connectivity index (χ0n) is 10.4. The van der Waals surface area contributed by atoms with Gasteiger partial charge in [0.1, 0.15) is 5.60 Å². The highest BCUT2D eigenvalue weighted by Crippen LogP contribution is 2.23. The standard InChI is InChI=1S/C12H22FNO2/c1-12(2,3)16-11(15)10(13)9-5-4-7-14-8-6-9/h9-10,14H,4-8H2,1-3H3. The van der Waals surface area contributed by atoms with Gasteiger partial charge in [0.15, 0.2) is 6.17 Å². The molecule has 0 saturated carbocycles. The van der Waals surface area contributed by atoms with E-state index >= 15 is 0 Å². The molecule has 0 radical (unpaired) electrons. The number of ether oxygens (including phenoxy) is 1. The van der Waals surface area contributed by atoms with Crippen molar-refractivity contribution >= 4 is 5.97 Å². The fourth-order valence-electron chi connectivity index (χ4n) is 1.89. The van der Waals surface area contributed by atoms with E-state index in [1.54, 1.807) is 20.8 Å². The van der Waals surface area contributed by atoms with E-state index in [0.29, 0.717) is 6.42 Å². The zero-order chi connectivity index (χ0) is 12.2. The predicted octanol–water partition coefficient (Wildman–Crippen LogP) is 2.06. The molecule has 4 heteroatoms. The lowest BCUT2D eigenvalue weighted by atomic mass is 9.95. The quantitative estimate of drug-likeness (QED) is 0.739. The Balaban J connectivity index is 2.48. The largest absolute Gasteiger partial charge is 0.458 e. The van der Waals surface area contributed by atoms with Crippen LogP contribution in [-0.2, 0) is 9.53 Å². The van der Waals surface area contributed by atoms with Crippen molar-refractivity contribution < 1.29 is 13.9 Å². The molecule has 2 atom stereocenters. The predicted molar refractivity (Wildman–Crippen MR) is 61.0 cm³/mol. The van der Waals surface area contributed by atoms with Crippen molar-refractivity contribution in [3.63, 3.8) is 0 Å². The second kappa shape index (κ2) is 5.62. The van der Waals surface area contributed by atoms with Gasteiger partial charge in [0.05, 0.1) is 0 Å². The third-order valence-electron chi connectivity index (χ3n) is 2.67. The van der Waals surface area contributed by atoms with Crippen molar-refractivity contribution in [1.82, 2.24) is 5.32 Å². The number of carbonyl (C=O) groups excluding carboxylic acids is 1. The van der Waals surface area contributed by atoms with E-state index in [4.69, 9.17) is 4.74 Å². The van der Waals surface area contributed by atoms with E-state index in [0.717, 1.165) is 25.9 Å². The molecule has 0 aromatic heterocycles. The van der Waals surface area contributed by atoms with Gasteiger partial charge in [-0.1, -0.05) is 0 Å². The first kappa shape index (κ1) is 13.4. The van der Waals surface area contributed by atoms with Crippen LogP contribution in [-0.4, -0.2) is 30.8 Å². The monoisotopic (exact) mass is 231 g/mol. The lowest BCUT2D eigenvalue weighted by molar-refractivity contribution is -0.163. The van der Waals surface area contributed by atoms with E-state index in [1.165, 1.54) is 0 Å². The second-order valence-corrected chi connectivity index (χ2v) is 5.38. The van der Waals surface area contributed by atoms with Crippen LogP contribution in [0.5, 0.6) is 0 Å². The van der Waals surface area contributed by atoms with Crippen LogP contribution < -0.4 is 5.32 Å². The van der Waals surface area contributed by atoms with Gasteiger partial charge in [-0.25, -0.2) is 9.18 Å². The number of rotatable bonds is 2. The molecule has 0 spiro atoms. The molecule has 0 aromatic carbocycles. The normalized spacial score (nSPS) is 24.6. The number of nitrogens with one attached hydrogen (secondary N) is 1. The average Bonchev–Trinajstić information content (AvgIpc) is 2.41. The van der Waals surface area contributed by atoms with Crippen molar-refractivity contribution in [2.45, 2.75) is 51.8 Å². The summed E-state index contributed by atoms with van der Waals surface area (Å²) in [7, 11) is 0. The molecule has 1 heterocycles. The first-order valence-electron chi connectivity index (χ1n) is 5.98. The summed E-state index contributed by atoms with van der Waals surface area (Å²) in [6.45, 7) is 6.97. The number of hydrogen-bond donors (Lipinski definition) is 1. The van der Waals surface area contributed by atoms with Crippen molar-refractivity contribution in [1.29, 1.82) is 0 Å². The summed E-state index contributed by atoms with van der Waals surface area (Å²) in [6, 6.07) is 0. The highest BCUT2D eigenvalue weighted by molar-refractivity contribution is 5.75. The molecular formula is C12H22FNO2. The first-order valence-corrected chi connectivity index (χ1v) is 5.98. The molecule has 0 bridgehead atoms. The molecular weight excluding hydrogens is 209 g/mol. The Hall–Kier alpha value is -0.640. The van der Waals surface area contributed by atoms with Gasteiger partial charge in [-0.05, 0) is 53.1 Å². The molecule has 1 saturated heterocycles. The van der Waals surface area contributed by atoms with Gasteiger partial charge in [-0.15, -0.1) is 0 Å². The summed E-state index contributed by atoms with van der Waals surface area (Å²) in [5, 5.41) is 3.20. The molecule has 16 heavy (non-hydrogen) atoms. The van der Waals surface area contributed by atoms with Gasteiger partial charge in [0.25, 0.3) is 0 Å². The molecule has 2 unspecified atom stereocenters. The Labute approximate surface area is 96.7 Å². The summed E-state index contributed by atoms with van der Waals surface area (Å²) < 4.78 is 18.9. The van der Waals surface area contributed by atoms with Crippen LogP contribution in [0.1, 0.15) is 40.0 Å². The van der Waals surface area contributed by atoms with E-state index in [9.17, 15) is 9.18 Å². The minimum absolute atomic E-state index is 0.190. The van der Waals surface area contributed by atoms with Crippen LogP contribution >= 0.6 is 0 Å². The maximum Gasteiger partial charge on any atom is 0.341 e. The van der Waals surface area contributed by atoms with E-state index in [2.05, 4.69) is 5.32 Å². The van der Waals surface area contributed by atoms with Gasteiger partial charge in [0.2, 0.25) is 0 Å². The summed E-state index contributed by atoms with van der Waals surface area (Å²) in [5.74, 6) is -0.899. The maximum absolute atomic E-state index is 13.9. The number of halogens is 1. The lowest BCUT2D eigenvalue weighted by Crippen LogP contribution is -2.34. The van der Waals surface area contributed by atoms with Crippen LogP contribution in [0, 0.1) is 5.92 Å². The van der Waals surface area contributed by atoms with Gasteiger partial charge in [0, 0.05) is 5.92 Å². The topological polar surface area (TPSA) is 38.3 Å². The molecule has 1 rings (SSSR count). The van der Waals surface area contributed by atoms with E-state index < -0.39 is 17.7 Å². The Morgan fingerprint density at radius 1 is 1.38 bits per heavy atom. The fraction of sp³-hybridized carbons (Fsp3) is 0.917. The Morgan fingerprint density at radius 2 is 2.06 bits per heavy atom. The maximum atomic E-state index is 13.9. The van der Waals surface area contributed by atoms with Gasteiger partial charge in [-0.3, -0.25) is 0 Å². The number of alkyl halides is 1. The Kier molecular flexibility index (Phi) is 4.71. The zero-order valence-corrected chi connectivity index (χ0v) is 10.4. The fourth-order valence-corrected chi connectivity index (χ4v) is 1.89. The minimum Gasteiger partial charge on any atom is -0.458 e. The smallest absolute Gasteiger partial charge is 0.341 e. The van der Waals surface area contributed by atoms with E-state index in [-0.39, 0.29) is 5.92 Å². The third kappa shape index (κ3) is 4.47. The molecule has 0 aromatic rings. The van der Waals surface area contributed by atoms with Crippen molar-refractivity contribution in [3.05, 3.63) is 0 Å². The molecule has 1 aliphatic heterocycles. The van der Waals surface area contributed by atoms with Crippen LogP contribution in [0.2, 0.25) is 0 Å². The Bertz CT molecular complexity index is 230. The van der Waals surface area contributed by atoms with E-state index in [1.807, 2.05) is 0 Å². The lowest BCUT2D eigenvalue weighted by Gasteiger charge is -2.24. The highest BCUT2D eigenvalue weighted by Gasteiger charge is 2.32. The number of carbonyl (C=O) groups is 1. The highest BCUT2D eigenvalue weighted by atomic mass is 19.1. The summed E-state index contributed by atoms with van der Waals surface area (Å²) in [5.41, 5.74) is -0.607. The first-order chi connectivity index (χ1) is 7.40. The molecule has 1 aliphatic rings. The van der Waals surface area contributed by atoms with Gasteiger partial charge in [-0.2, -0.15) is 0 Å².